The second-order valence-corrected chi connectivity index (χ2v) is 3.89. The Kier molecular flexibility index (Phi) is 5.32. The molecule has 0 aliphatic heterocycles. The predicted octanol–water partition coefficient (Wildman–Crippen LogP) is 2.81. The number of carboxylic acids is 1. The molecule has 4 nitrogen and oxygen atoms in total. The maximum atomic E-state index is 12.6. The number of rotatable bonds is 7. The van der Waals surface area contributed by atoms with Crippen LogP contribution in [0, 0.1) is 0 Å². The zero-order valence-corrected chi connectivity index (χ0v) is 10.4. The highest BCUT2D eigenvalue weighted by Gasteiger charge is 2.40. The van der Waals surface area contributed by atoms with Crippen LogP contribution in [0.25, 0.3) is 0 Å². The van der Waals surface area contributed by atoms with Gasteiger partial charge in [0.2, 0.25) is 0 Å². The standard InChI is InChI=1S/C12H12F4O4/c1-19-9-4-7(2-3-8(9)10(17)18)5-20-6-12(15,16)11(13)14/h2-4,11H,5-6H2,1H3,(H,17,18). The predicted molar refractivity (Wildman–Crippen MR) is 60.6 cm³/mol. The van der Waals surface area contributed by atoms with Crippen LogP contribution < -0.4 is 4.74 Å². The molecule has 0 radical (unpaired) electrons. The molecule has 0 saturated heterocycles. The van der Waals surface area contributed by atoms with Crippen molar-refractivity contribution in [3.63, 3.8) is 0 Å². The Labute approximate surface area is 111 Å². The van der Waals surface area contributed by atoms with Crippen molar-refractivity contribution < 1.29 is 36.9 Å². The zero-order chi connectivity index (χ0) is 15.3. The third kappa shape index (κ3) is 4.09. The SMILES string of the molecule is COc1cc(COCC(F)(F)C(F)F)ccc1C(=O)O. The zero-order valence-electron chi connectivity index (χ0n) is 10.4. The molecule has 0 amide bonds. The van der Waals surface area contributed by atoms with Gasteiger partial charge in [-0.1, -0.05) is 6.07 Å². The second-order valence-electron chi connectivity index (χ2n) is 3.89. The second kappa shape index (κ2) is 6.56. The summed E-state index contributed by atoms with van der Waals surface area (Å²) < 4.78 is 58.3. The molecule has 0 bridgehead atoms. The van der Waals surface area contributed by atoms with E-state index in [1.54, 1.807) is 0 Å². The van der Waals surface area contributed by atoms with Gasteiger partial charge in [-0.05, 0) is 17.7 Å². The third-order valence-electron chi connectivity index (χ3n) is 2.38. The Hall–Kier alpha value is -1.83. The third-order valence-corrected chi connectivity index (χ3v) is 2.38. The number of hydrogen-bond acceptors (Lipinski definition) is 3. The Morgan fingerprint density at radius 2 is 2.05 bits per heavy atom. The molecule has 0 fully saturated rings. The number of carbonyl (C=O) groups is 1. The van der Waals surface area contributed by atoms with Crippen molar-refractivity contribution in [2.24, 2.45) is 0 Å². The fourth-order valence-electron chi connectivity index (χ4n) is 1.37. The number of halogens is 4. The monoisotopic (exact) mass is 296 g/mol. The Morgan fingerprint density at radius 1 is 1.40 bits per heavy atom. The number of methoxy groups -OCH3 is 1. The Bertz CT molecular complexity index is 477. The van der Waals surface area contributed by atoms with Crippen molar-refractivity contribution in [2.75, 3.05) is 13.7 Å². The van der Waals surface area contributed by atoms with Crippen LogP contribution in [0.15, 0.2) is 18.2 Å². The molecule has 1 rings (SSSR count). The highest BCUT2D eigenvalue weighted by atomic mass is 19.3. The molecule has 8 heteroatoms. The lowest BCUT2D eigenvalue weighted by atomic mass is 10.1. The van der Waals surface area contributed by atoms with E-state index in [0.29, 0.717) is 5.56 Å². The minimum Gasteiger partial charge on any atom is -0.496 e. The molecule has 0 heterocycles. The van der Waals surface area contributed by atoms with Gasteiger partial charge in [0.05, 0.1) is 13.7 Å². The molecule has 1 aromatic rings. The Morgan fingerprint density at radius 3 is 2.55 bits per heavy atom. The van der Waals surface area contributed by atoms with Gasteiger partial charge in [0.25, 0.3) is 0 Å². The van der Waals surface area contributed by atoms with Crippen LogP contribution in [0.5, 0.6) is 5.75 Å². The topological polar surface area (TPSA) is 55.8 Å². The normalized spacial score (nSPS) is 11.7. The summed E-state index contributed by atoms with van der Waals surface area (Å²) in [6.45, 7) is -1.79. The van der Waals surface area contributed by atoms with E-state index in [0.717, 1.165) is 0 Å². The number of aromatic carboxylic acids is 1. The summed E-state index contributed by atoms with van der Waals surface area (Å²) in [6.07, 6.45) is -3.80. The van der Waals surface area contributed by atoms with Gasteiger partial charge in [-0.3, -0.25) is 0 Å². The van der Waals surface area contributed by atoms with Crippen molar-refractivity contribution in [1.82, 2.24) is 0 Å². The molecular formula is C12H12F4O4. The van der Waals surface area contributed by atoms with Gasteiger partial charge in [-0.15, -0.1) is 0 Å². The molecule has 0 spiro atoms. The van der Waals surface area contributed by atoms with Crippen LogP contribution in [-0.4, -0.2) is 37.1 Å². The first-order chi connectivity index (χ1) is 9.27. The molecule has 20 heavy (non-hydrogen) atoms. The van der Waals surface area contributed by atoms with E-state index in [9.17, 15) is 22.4 Å². The van der Waals surface area contributed by atoms with E-state index in [4.69, 9.17) is 9.84 Å². The smallest absolute Gasteiger partial charge is 0.339 e. The summed E-state index contributed by atoms with van der Waals surface area (Å²) in [6, 6.07) is 3.82. The molecule has 0 saturated carbocycles. The first kappa shape index (κ1) is 16.2. The maximum Gasteiger partial charge on any atom is 0.339 e. The minimum atomic E-state index is -4.22. The number of alkyl halides is 4. The van der Waals surface area contributed by atoms with Gasteiger partial charge < -0.3 is 14.6 Å². The summed E-state index contributed by atoms with van der Waals surface area (Å²) in [5.41, 5.74) is 0.228. The number of hydrogen-bond donors (Lipinski definition) is 1. The molecule has 0 aliphatic rings. The first-order valence-corrected chi connectivity index (χ1v) is 5.42. The summed E-state index contributed by atoms with van der Waals surface area (Å²) in [4.78, 5) is 10.8. The van der Waals surface area contributed by atoms with Crippen LogP contribution in [0.4, 0.5) is 17.6 Å². The molecule has 0 aromatic heterocycles. The van der Waals surface area contributed by atoms with Gasteiger partial charge in [-0.25, -0.2) is 13.6 Å². The lowest BCUT2D eigenvalue weighted by Crippen LogP contribution is -2.32. The highest BCUT2D eigenvalue weighted by molar-refractivity contribution is 5.90. The number of carboxylic acid groups (broad SMARTS) is 1. The van der Waals surface area contributed by atoms with Gasteiger partial charge in [0.1, 0.15) is 17.9 Å². The minimum absolute atomic E-state index is 0.0271. The average molecular weight is 296 g/mol. The van der Waals surface area contributed by atoms with Crippen molar-refractivity contribution >= 4 is 5.97 Å². The van der Waals surface area contributed by atoms with Crippen LogP contribution in [-0.2, 0) is 11.3 Å². The van der Waals surface area contributed by atoms with Gasteiger partial charge in [0, 0.05) is 0 Å². The molecule has 1 N–H and O–H groups in total. The molecule has 0 atom stereocenters. The highest BCUT2D eigenvalue weighted by Crippen LogP contribution is 2.24. The lowest BCUT2D eigenvalue weighted by Gasteiger charge is -2.15. The number of benzene rings is 1. The molecule has 0 unspecified atom stereocenters. The van der Waals surface area contributed by atoms with E-state index in [2.05, 4.69) is 4.74 Å². The van der Waals surface area contributed by atoms with Crippen molar-refractivity contribution in [3.8, 4) is 5.75 Å². The van der Waals surface area contributed by atoms with Crippen LogP contribution in [0.1, 0.15) is 15.9 Å². The maximum absolute atomic E-state index is 12.6. The molecular weight excluding hydrogens is 284 g/mol. The van der Waals surface area contributed by atoms with Crippen LogP contribution in [0.3, 0.4) is 0 Å². The van der Waals surface area contributed by atoms with Crippen LogP contribution >= 0.6 is 0 Å². The van der Waals surface area contributed by atoms with E-state index >= 15 is 0 Å². The lowest BCUT2D eigenvalue weighted by molar-refractivity contribution is -0.168. The average Bonchev–Trinajstić information content (AvgIpc) is 2.37. The van der Waals surface area contributed by atoms with E-state index in [1.807, 2.05) is 0 Å². The molecule has 112 valence electrons. The number of ether oxygens (including phenoxy) is 2. The molecule has 0 aliphatic carbocycles. The summed E-state index contributed by atoms with van der Waals surface area (Å²) in [7, 11) is 1.25. The summed E-state index contributed by atoms with van der Waals surface area (Å²) >= 11 is 0. The fourth-order valence-corrected chi connectivity index (χ4v) is 1.37. The van der Waals surface area contributed by atoms with Crippen molar-refractivity contribution in [1.29, 1.82) is 0 Å². The largest absolute Gasteiger partial charge is 0.496 e. The van der Waals surface area contributed by atoms with Crippen LogP contribution in [0.2, 0.25) is 0 Å². The Balaban J connectivity index is 2.68. The first-order valence-electron chi connectivity index (χ1n) is 5.42. The van der Waals surface area contributed by atoms with E-state index < -0.39 is 24.9 Å². The van der Waals surface area contributed by atoms with E-state index in [1.165, 1.54) is 25.3 Å². The van der Waals surface area contributed by atoms with Crippen molar-refractivity contribution in [2.45, 2.75) is 19.0 Å². The van der Waals surface area contributed by atoms with Gasteiger partial charge in [-0.2, -0.15) is 8.78 Å². The summed E-state index contributed by atoms with van der Waals surface area (Å²) in [5, 5.41) is 8.84. The summed E-state index contributed by atoms with van der Waals surface area (Å²) in [5.74, 6) is -5.40. The van der Waals surface area contributed by atoms with E-state index in [-0.39, 0.29) is 17.9 Å². The van der Waals surface area contributed by atoms with Gasteiger partial charge >= 0.3 is 18.3 Å². The molecule has 1 aromatic carbocycles. The van der Waals surface area contributed by atoms with Crippen molar-refractivity contribution in [3.05, 3.63) is 29.3 Å². The fraction of sp³-hybridized carbons (Fsp3) is 0.417. The van der Waals surface area contributed by atoms with Gasteiger partial charge in [0.15, 0.2) is 0 Å². The quantitative estimate of drug-likeness (QED) is 0.786.